The highest BCUT2D eigenvalue weighted by Crippen LogP contribution is 2.28. The highest BCUT2D eigenvalue weighted by Gasteiger charge is 2.12. The zero-order chi connectivity index (χ0) is 12.3. The molecule has 0 saturated heterocycles. The van der Waals surface area contributed by atoms with Gasteiger partial charge in [-0.2, -0.15) is 0 Å². The zero-order valence-corrected chi connectivity index (χ0v) is 11.2. The van der Waals surface area contributed by atoms with Gasteiger partial charge in [0, 0.05) is 10.7 Å². The molecule has 0 heterocycles. The summed E-state index contributed by atoms with van der Waals surface area (Å²) in [6.07, 6.45) is 0. The van der Waals surface area contributed by atoms with Crippen molar-refractivity contribution >= 4 is 31.3 Å². The van der Waals surface area contributed by atoms with Gasteiger partial charge in [-0.3, -0.25) is 0 Å². The van der Waals surface area contributed by atoms with Gasteiger partial charge in [-0.1, -0.05) is 25.4 Å². The number of benzene rings is 1. The summed E-state index contributed by atoms with van der Waals surface area (Å²) in [7, 11) is 1.44. The molecular weight excluding hydrogens is 271 g/mol. The van der Waals surface area contributed by atoms with E-state index in [2.05, 4.69) is 0 Å². The average molecular weight is 283 g/mol. The van der Waals surface area contributed by atoms with Crippen LogP contribution < -0.4 is 4.74 Å². The molecule has 0 amide bonds. The van der Waals surface area contributed by atoms with Crippen molar-refractivity contribution in [3.05, 3.63) is 23.2 Å². The van der Waals surface area contributed by atoms with Crippen LogP contribution in [0.3, 0.4) is 0 Å². The van der Waals surface area contributed by atoms with E-state index in [9.17, 15) is 8.42 Å². The summed E-state index contributed by atoms with van der Waals surface area (Å²) in [5.74, 6) is 0.826. The van der Waals surface area contributed by atoms with Crippen molar-refractivity contribution in [2.24, 2.45) is 5.92 Å². The standard InChI is InChI=1S/C10H12Cl2O3S/c1-7(2)6-15-10-4-3-8(5-9(10)11)16(12,13)14/h3-5,7H,6H2,1-2H3. The molecule has 0 aromatic heterocycles. The molecule has 0 spiro atoms. The molecule has 0 fully saturated rings. The molecule has 16 heavy (non-hydrogen) atoms. The monoisotopic (exact) mass is 282 g/mol. The molecule has 1 aromatic rings. The maximum Gasteiger partial charge on any atom is 0.261 e. The zero-order valence-electron chi connectivity index (χ0n) is 8.91. The van der Waals surface area contributed by atoms with Gasteiger partial charge in [0.15, 0.2) is 0 Å². The van der Waals surface area contributed by atoms with Crippen LogP contribution in [0.1, 0.15) is 13.8 Å². The van der Waals surface area contributed by atoms with E-state index in [1.54, 1.807) is 0 Å². The number of rotatable bonds is 4. The fraction of sp³-hybridized carbons (Fsp3) is 0.400. The minimum Gasteiger partial charge on any atom is -0.492 e. The molecule has 1 rings (SSSR count). The Bertz CT molecular complexity index is 469. The number of ether oxygens (including phenoxy) is 1. The molecule has 0 radical (unpaired) electrons. The Morgan fingerprint density at radius 1 is 1.38 bits per heavy atom. The van der Waals surface area contributed by atoms with E-state index in [1.165, 1.54) is 18.2 Å². The molecule has 0 atom stereocenters. The van der Waals surface area contributed by atoms with Crippen LogP contribution >= 0.6 is 22.3 Å². The van der Waals surface area contributed by atoms with Crippen molar-refractivity contribution in [1.29, 1.82) is 0 Å². The maximum atomic E-state index is 11.0. The normalized spacial score (nSPS) is 11.8. The molecule has 0 saturated carbocycles. The van der Waals surface area contributed by atoms with Gasteiger partial charge < -0.3 is 4.74 Å². The predicted molar refractivity (Wildman–Crippen MR) is 64.8 cm³/mol. The fourth-order valence-corrected chi connectivity index (χ4v) is 2.08. The van der Waals surface area contributed by atoms with Gasteiger partial charge in [0.2, 0.25) is 0 Å². The summed E-state index contributed by atoms with van der Waals surface area (Å²) in [6.45, 7) is 4.53. The Morgan fingerprint density at radius 2 is 2.00 bits per heavy atom. The van der Waals surface area contributed by atoms with Crippen LogP contribution in [0.25, 0.3) is 0 Å². The van der Waals surface area contributed by atoms with E-state index < -0.39 is 9.05 Å². The molecule has 0 N–H and O–H groups in total. The number of hydrogen-bond donors (Lipinski definition) is 0. The lowest BCUT2D eigenvalue weighted by atomic mass is 10.2. The van der Waals surface area contributed by atoms with Gasteiger partial charge in [-0.15, -0.1) is 0 Å². The van der Waals surface area contributed by atoms with Crippen LogP contribution in [0.2, 0.25) is 5.02 Å². The Balaban J connectivity index is 2.92. The van der Waals surface area contributed by atoms with Crippen molar-refractivity contribution in [3.63, 3.8) is 0 Å². The summed E-state index contributed by atoms with van der Waals surface area (Å²) in [6, 6.07) is 4.14. The highest BCUT2D eigenvalue weighted by atomic mass is 35.7. The molecule has 0 bridgehead atoms. The summed E-state index contributed by atoms with van der Waals surface area (Å²) >= 11 is 5.87. The fourth-order valence-electron chi connectivity index (χ4n) is 1.01. The Labute approximate surface area is 105 Å². The summed E-state index contributed by atoms with van der Waals surface area (Å²) in [4.78, 5) is -0.0314. The lowest BCUT2D eigenvalue weighted by Gasteiger charge is -2.10. The average Bonchev–Trinajstić information content (AvgIpc) is 2.14. The van der Waals surface area contributed by atoms with Crippen molar-refractivity contribution in [3.8, 4) is 5.75 Å². The van der Waals surface area contributed by atoms with E-state index in [0.29, 0.717) is 18.3 Å². The van der Waals surface area contributed by atoms with E-state index in [1.807, 2.05) is 13.8 Å². The largest absolute Gasteiger partial charge is 0.492 e. The van der Waals surface area contributed by atoms with Crippen LogP contribution in [0.4, 0.5) is 0 Å². The van der Waals surface area contributed by atoms with Gasteiger partial charge >= 0.3 is 0 Å². The second-order valence-electron chi connectivity index (χ2n) is 3.73. The maximum absolute atomic E-state index is 11.0. The second-order valence-corrected chi connectivity index (χ2v) is 6.71. The molecule has 0 aliphatic heterocycles. The molecule has 0 aliphatic rings. The first-order chi connectivity index (χ1) is 7.30. The van der Waals surface area contributed by atoms with Crippen LogP contribution in [0.15, 0.2) is 23.1 Å². The minimum absolute atomic E-state index is 0.0314. The smallest absolute Gasteiger partial charge is 0.261 e. The first-order valence-electron chi connectivity index (χ1n) is 4.67. The van der Waals surface area contributed by atoms with Crippen molar-refractivity contribution in [1.82, 2.24) is 0 Å². The van der Waals surface area contributed by atoms with Crippen molar-refractivity contribution < 1.29 is 13.2 Å². The van der Waals surface area contributed by atoms with Crippen LogP contribution in [0, 0.1) is 5.92 Å². The number of hydrogen-bond acceptors (Lipinski definition) is 3. The van der Waals surface area contributed by atoms with Crippen LogP contribution in [0.5, 0.6) is 5.75 Å². The van der Waals surface area contributed by atoms with Crippen LogP contribution in [-0.2, 0) is 9.05 Å². The molecule has 3 nitrogen and oxygen atoms in total. The minimum atomic E-state index is -3.74. The van der Waals surface area contributed by atoms with Crippen molar-refractivity contribution in [2.45, 2.75) is 18.7 Å². The van der Waals surface area contributed by atoms with Gasteiger partial charge in [0.1, 0.15) is 5.75 Å². The molecule has 6 heteroatoms. The third-order valence-electron chi connectivity index (χ3n) is 1.76. The Morgan fingerprint density at radius 3 is 2.44 bits per heavy atom. The molecular formula is C10H12Cl2O3S. The molecule has 1 aromatic carbocycles. The Kier molecular flexibility index (Phi) is 4.47. The molecule has 0 unspecified atom stereocenters. The third-order valence-corrected chi connectivity index (χ3v) is 3.40. The topological polar surface area (TPSA) is 43.4 Å². The second kappa shape index (κ2) is 5.25. The first kappa shape index (κ1) is 13.6. The van der Waals surface area contributed by atoms with E-state index >= 15 is 0 Å². The van der Waals surface area contributed by atoms with Gasteiger partial charge in [0.25, 0.3) is 9.05 Å². The van der Waals surface area contributed by atoms with Gasteiger partial charge in [-0.05, 0) is 24.1 Å². The third kappa shape index (κ3) is 3.85. The quantitative estimate of drug-likeness (QED) is 0.796. The molecule has 0 aliphatic carbocycles. The van der Waals surface area contributed by atoms with E-state index in [4.69, 9.17) is 27.0 Å². The number of halogens is 2. The first-order valence-corrected chi connectivity index (χ1v) is 7.36. The van der Waals surface area contributed by atoms with Crippen LogP contribution in [-0.4, -0.2) is 15.0 Å². The summed E-state index contributed by atoms with van der Waals surface area (Å²) in [5.41, 5.74) is 0. The predicted octanol–water partition coefficient (Wildman–Crippen LogP) is 3.30. The lowest BCUT2D eigenvalue weighted by molar-refractivity contribution is 0.271. The van der Waals surface area contributed by atoms with Crippen molar-refractivity contribution in [2.75, 3.05) is 6.61 Å². The highest BCUT2D eigenvalue weighted by molar-refractivity contribution is 8.13. The summed E-state index contributed by atoms with van der Waals surface area (Å²) < 4.78 is 27.5. The van der Waals surface area contributed by atoms with Gasteiger partial charge in [0.05, 0.1) is 16.5 Å². The Hall–Kier alpha value is -0.450. The SMILES string of the molecule is CC(C)COc1ccc(S(=O)(=O)Cl)cc1Cl. The van der Waals surface area contributed by atoms with E-state index in [-0.39, 0.29) is 9.92 Å². The van der Waals surface area contributed by atoms with Gasteiger partial charge in [-0.25, -0.2) is 8.42 Å². The van der Waals surface area contributed by atoms with E-state index in [0.717, 1.165) is 0 Å². The molecule has 90 valence electrons. The lowest BCUT2D eigenvalue weighted by Crippen LogP contribution is -2.05. The summed E-state index contributed by atoms with van der Waals surface area (Å²) in [5, 5.41) is 0.238.